The van der Waals surface area contributed by atoms with Crippen molar-refractivity contribution in [1.82, 2.24) is 15.4 Å². The minimum Gasteiger partial charge on any atom is -0.381 e. The van der Waals surface area contributed by atoms with Crippen LogP contribution in [0.1, 0.15) is 11.3 Å². The highest BCUT2D eigenvalue weighted by atomic mass is 16.6. The van der Waals surface area contributed by atoms with Crippen molar-refractivity contribution in [2.45, 2.75) is 0 Å². The second-order valence-corrected chi connectivity index (χ2v) is 4.54. The Bertz CT molecular complexity index is 827. The van der Waals surface area contributed by atoms with E-state index in [2.05, 4.69) is 15.4 Å². The topological polar surface area (TPSA) is 47.0 Å². The van der Waals surface area contributed by atoms with Gasteiger partial charge in [0.2, 0.25) is 0 Å². The van der Waals surface area contributed by atoms with E-state index in [1.54, 1.807) is 6.20 Å². The molecular formula is C16H11N3O. The predicted molar refractivity (Wildman–Crippen MR) is 77.6 cm³/mol. The molecule has 4 heteroatoms. The SMILES string of the molecule is C1=C(c2cnc3ccccc3n2)NOc2ccccc21. The molecule has 20 heavy (non-hydrogen) atoms. The van der Waals surface area contributed by atoms with Crippen LogP contribution in [0, 0.1) is 0 Å². The summed E-state index contributed by atoms with van der Waals surface area (Å²) in [5.41, 5.74) is 7.26. The monoisotopic (exact) mass is 261 g/mol. The minimum absolute atomic E-state index is 0.762. The van der Waals surface area contributed by atoms with Gasteiger partial charge in [0.1, 0.15) is 5.69 Å². The van der Waals surface area contributed by atoms with Gasteiger partial charge in [-0.25, -0.2) is 10.5 Å². The van der Waals surface area contributed by atoms with E-state index in [0.717, 1.165) is 33.7 Å². The normalized spacial score (nSPS) is 13.1. The summed E-state index contributed by atoms with van der Waals surface area (Å²) in [5, 5.41) is 0. The van der Waals surface area contributed by atoms with E-state index in [0.29, 0.717) is 0 Å². The van der Waals surface area contributed by atoms with Crippen LogP contribution in [-0.4, -0.2) is 9.97 Å². The lowest BCUT2D eigenvalue weighted by molar-refractivity contribution is 0.249. The molecule has 0 spiro atoms. The maximum atomic E-state index is 5.52. The Hall–Kier alpha value is -2.88. The fraction of sp³-hybridized carbons (Fsp3) is 0. The maximum Gasteiger partial charge on any atom is 0.162 e. The van der Waals surface area contributed by atoms with Gasteiger partial charge in [0, 0.05) is 5.56 Å². The Morgan fingerprint density at radius 3 is 2.65 bits per heavy atom. The molecule has 0 bridgehead atoms. The number of nitrogens with one attached hydrogen (secondary N) is 1. The Labute approximate surface area is 115 Å². The van der Waals surface area contributed by atoms with Crippen LogP contribution in [0.2, 0.25) is 0 Å². The molecule has 96 valence electrons. The second-order valence-electron chi connectivity index (χ2n) is 4.54. The van der Waals surface area contributed by atoms with Crippen molar-refractivity contribution in [1.29, 1.82) is 0 Å². The number of hydroxylamine groups is 1. The molecule has 0 saturated heterocycles. The zero-order valence-electron chi connectivity index (χ0n) is 10.6. The molecule has 0 unspecified atom stereocenters. The third-order valence-electron chi connectivity index (χ3n) is 3.21. The number of fused-ring (bicyclic) bond motifs is 2. The molecule has 1 aliphatic rings. The average Bonchev–Trinajstić information content (AvgIpc) is 2.54. The average molecular weight is 261 g/mol. The Kier molecular flexibility index (Phi) is 2.39. The summed E-state index contributed by atoms with van der Waals surface area (Å²) in [7, 11) is 0. The Morgan fingerprint density at radius 2 is 1.70 bits per heavy atom. The van der Waals surface area contributed by atoms with Crippen LogP contribution < -0.4 is 10.3 Å². The van der Waals surface area contributed by atoms with Crippen LogP contribution in [0.3, 0.4) is 0 Å². The van der Waals surface area contributed by atoms with Gasteiger partial charge in [0.05, 0.1) is 22.9 Å². The van der Waals surface area contributed by atoms with Crippen LogP contribution in [0.25, 0.3) is 22.8 Å². The molecule has 1 aromatic heterocycles. The van der Waals surface area contributed by atoms with Crippen LogP contribution in [0.5, 0.6) is 5.75 Å². The first-order valence-corrected chi connectivity index (χ1v) is 6.36. The highest BCUT2D eigenvalue weighted by molar-refractivity contribution is 5.84. The molecule has 2 heterocycles. The molecule has 0 atom stereocenters. The maximum absolute atomic E-state index is 5.52. The van der Waals surface area contributed by atoms with Crippen molar-refractivity contribution in [3.63, 3.8) is 0 Å². The zero-order valence-corrected chi connectivity index (χ0v) is 10.6. The molecule has 2 aromatic carbocycles. The molecule has 0 amide bonds. The molecule has 4 nitrogen and oxygen atoms in total. The smallest absolute Gasteiger partial charge is 0.162 e. The number of hydrogen-bond donors (Lipinski definition) is 1. The summed E-state index contributed by atoms with van der Waals surface area (Å²) in [4.78, 5) is 14.5. The van der Waals surface area contributed by atoms with E-state index >= 15 is 0 Å². The third-order valence-corrected chi connectivity index (χ3v) is 3.21. The van der Waals surface area contributed by atoms with Gasteiger partial charge in [0.25, 0.3) is 0 Å². The van der Waals surface area contributed by atoms with E-state index in [1.165, 1.54) is 0 Å². The summed E-state index contributed by atoms with van der Waals surface area (Å²) in [6.45, 7) is 0. The van der Waals surface area contributed by atoms with Gasteiger partial charge in [-0.1, -0.05) is 30.3 Å². The number of para-hydroxylation sites is 3. The van der Waals surface area contributed by atoms with Crippen LogP contribution in [0.15, 0.2) is 54.7 Å². The van der Waals surface area contributed by atoms with Crippen LogP contribution in [0.4, 0.5) is 0 Å². The molecule has 0 saturated carbocycles. The molecule has 0 radical (unpaired) electrons. The third kappa shape index (κ3) is 1.78. The van der Waals surface area contributed by atoms with Gasteiger partial charge in [-0.05, 0) is 24.3 Å². The number of hydrogen-bond acceptors (Lipinski definition) is 4. The first-order chi connectivity index (χ1) is 9.90. The van der Waals surface area contributed by atoms with Gasteiger partial charge in [0.15, 0.2) is 5.75 Å². The van der Waals surface area contributed by atoms with E-state index in [-0.39, 0.29) is 0 Å². The van der Waals surface area contributed by atoms with Crippen molar-refractivity contribution in [2.75, 3.05) is 0 Å². The fourth-order valence-electron chi connectivity index (χ4n) is 2.20. The molecule has 1 N–H and O–H groups in total. The second kappa shape index (κ2) is 4.35. The quantitative estimate of drug-likeness (QED) is 0.731. The van der Waals surface area contributed by atoms with E-state index in [9.17, 15) is 0 Å². The molecule has 4 rings (SSSR count). The standard InChI is InChI=1S/C16H11N3O/c1-4-8-16-11(5-1)9-14(19-20-16)15-10-17-12-6-2-3-7-13(12)18-15/h1-10,19H. The van der Waals surface area contributed by atoms with Crippen molar-refractivity contribution in [2.24, 2.45) is 0 Å². The van der Waals surface area contributed by atoms with Crippen molar-refractivity contribution in [3.8, 4) is 5.75 Å². The number of aromatic nitrogens is 2. The largest absolute Gasteiger partial charge is 0.381 e. The minimum atomic E-state index is 0.762. The van der Waals surface area contributed by atoms with Gasteiger partial charge in [-0.3, -0.25) is 4.98 Å². The lowest BCUT2D eigenvalue weighted by Gasteiger charge is -2.18. The van der Waals surface area contributed by atoms with E-state index < -0.39 is 0 Å². The van der Waals surface area contributed by atoms with Gasteiger partial charge in [-0.15, -0.1) is 0 Å². The van der Waals surface area contributed by atoms with Crippen LogP contribution >= 0.6 is 0 Å². The molecule has 0 fully saturated rings. The Balaban J connectivity index is 1.82. The summed E-state index contributed by atoms with van der Waals surface area (Å²) in [6.07, 6.45) is 3.76. The molecule has 3 aromatic rings. The lowest BCUT2D eigenvalue weighted by Crippen LogP contribution is -2.21. The lowest BCUT2D eigenvalue weighted by atomic mass is 10.1. The number of nitrogens with zero attached hydrogens (tertiary/aromatic N) is 2. The summed E-state index contributed by atoms with van der Waals surface area (Å²) in [5.74, 6) is 0.810. The van der Waals surface area contributed by atoms with Gasteiger partial charge in [-0.2, -0.15) is 0 Å². The van der Waals surface area contributed by atoms with Crippen molar-refractivity contribution < 1.29 is 4.84 Å². The Morgan fingerprint density at radius 1 is 0.900 bits per heavy atom. The first-order valence-electron chi connectivity index (χ1n) is 6.36. The predicted octanol–water partition coefficient (Wildman–Crippen LogP) is 3.02. The molecule has 0 aliphatic carbocycles. The van der Waals surface area contributed by atoms with Crippen molar-refractivity contribution >= 4 is 22.8 Å². The van der Waals surface area contributed by atoms with E-state index in [4.69, 9.17) is 4.84 Å². The summed E-state index contributed by atoms with van der Waals surface area (Å²) >= 11 is 0. The van der Waals surface area contributed by atoms with Crippen molar-refractivity contribution in [3.05, 3.63) is 66.0 Å². The van der Waals surface area contributed by atoms with Gasteiger partial charge < -0.3 is 4.84 Å². The highest BCUT2D eigenvalue weighted by Gasteiger charge is 2.13. The number of rotatable bonds is 1. The number of benzene rings is 2. The van der Waals surface area contributed by atoms with Gasteiger partial charge >= 0.3 is 0 Å². The summed E-state index contributed by atoms with van der Waals surface area (Å²) < 4.78 is 0. The summed E-state index contributed by atoms with van der Waals surface area (Å²) in [6, 6.07) is 15.6. The van der Waals surface area contributed by atoms with E-state index in [1.807, 2.05) is 54.6 Å². The molecular weight excluding hydrogens is 250 g/mol. The van der Waals surface area contributed by atoms with Crippen LogP contribution in [-0.2, 0) is 0 Å². The zero-order chi connectivity index (χ0) is 13.4. The highest BCUT2D eigenvalue weighted by Crippen LogP contribution is 2.27. The molecule has 1 aliphatic heterocycles. The first kappa shape index (κ1) is 11.0. The fourth-order valence-corrected chi connectivity index (χ4v) is 2.20.